The lowest BCUT2D eigenvalue weighted by Crippen LogP contribution is -3.11. The molecule has 0 aliphatic carbocycles. The highest BCUT2D eigenvalue weighted by molar-refractivity contribution is 7.91. The van der Waals surface area contributed by atoms with Gasteiger partial charge in [-0.15, -0.1) is 0 Å². The number of hydrogen-bond acceptors (Lipinski definition) is 5. The van der Waals surface area contributed by atoms with Crippen LogP contribution in [0.2, 0.25) is 0 Å². The summed E-state index contributed by atoms with van der Waals surface area (Å²) in [6.45, 7) is 0.218. The van der Waals surface area contributed by atoms with Crippen LogP contribution in [0.25, 0.3) is 0 Å². The Morgan fingerprint density at radius 1 is 1.28 bits per heavy atom. The van der Waals surface area contributed by atoms with Crippen molar-refractivity contribution in [1.82, 2.24) is 5.32 Å². The molecule has 0 spiro atoms. The van der Waals surface area contributed by atoms with Crippen LogP contribution in [-0.4, -0.2) is 65.0 Å². The van der Waals surface area contributed by atoms with Crippen LogP contribution in [0, 0.1) is 0 Å². The average molecular weight is 370 g/mol. The molecule has 2 atom stereocenters. The highest BCUT2D eigenvalue weighted by Crippen LogP contribution is 2.16. The van der Waals surface area contributed by atoms with Gasteiger partial charge in [-0.3, -0.25) is 9.59 Å². The van der Waals surface area contributed by atoms with E-state index in [1.807, 2.05) is 0 Å². The summed E-state index contributed by atoms with van der Waals surface area (Å²) in [4.78, 5) is 24.7. The molecular weight excluding hydrogens is 346 g/mol. The number of carbonyl (C=O) groups is 2. The Hall–Kier alpha value is -2.13. The maximum Gasteiger partial charge on any atom is 0.279 e. The van der Waals surface area contributed by atoms with Crippen molar-refractivity contribution in [3.63, 3.8) is 0 Å². The molecule has 2 rings (SSSR count). The summed E-state index contributed by atoms with van der Waals surface area (Å²) in [7, 11) is 0.256. The average Bonchev–Trinajstić information content (AvgIpc) is 2.85. The molecule has 0 aromatic heterocycles. The third-order valence-corrected chi connectivity index (χ3v) is 5.64. The number of sulfone groups is 1. The summed E-state index contributed by atoms with van der Waals surface area (Å²) < 4.78 is 27.9. The molecular formula is C16H24N3O5S+. The molecule has 1 saturated heterocycles. The summed E-state index contributed by atoms with van der Waals surface area (Å²) in [6, 6.07) is 6.69. The molecule has 25 heavy (non-hydrogen) atoms. The molecule has 0 radical (unpaired) electrons. The van der Waals surface area contributed by atoms with Crippen molar-refractivity contribution >= 4 is 27.3 Å². The van der Waals surface area contributed by atoms with Gasteiger partial charge in [0.1, 0.15) is 5.75 Å². The van der Waals surface area contributed by atoms with Gasteiger partial charge in [0.15, 0.2) is 22.9 Å². The molecule has 1 unspecified atom stereocenters. The van der Waals surface area contributed by atoms with Crippen molar-refractivity contribution in [3.8, 4) is 5.75 Å². The number of hydrogen-bond donors (Lipinski definition) is 3. The second-order valence-corrected chi connectivity index (χ2v) is 8.49. The predicted octanol–water partition coefficient (Wildman–Crippen LogP) is -1.55. The SMILES string of the molecule is COc1cccc(NC(=O)C[NH+](C)CC(=O)N[C@@H]2CCS(=O)(=O)C2)c1. The molecule has 1 aliphatic rings. The van der Waals surface area contributed by atoms with E-state index in [4.69, 9.17) is 4.74 Å². The van der Waals surface area contributed by atoms with E-state index < -0.39 is 9.84 Å². The highest BCUT2D eigenvalue weighted by atomic mass is 32.2. The number of anilines is 1. The molecule has 0 bridgehead atoms. The number of quaternary nitrogens is 1. The Morgan fingerprint density at radius 3 is 2.64 bits per heavy atom. The lowest BCUT2D eigenvalue weighted by Gasteiger charge is -2.16. The number of nitrogens with one attached hydrogen (secondary N) is 3. The number of amides is 2. The number of likely N-dealkylation sites (N-methyl/N-ethyl adjacent to an activating group) is 1. The minimum absolute atomic E-state index is 0.00584. The van der Waals surface area contributed by atoms with E-state index in [2.05, 4.69) is 10.6 Å². The van der Waals surface area contributed by atoms with E-state index >= 15 is 0 Å². The normalized spacial score (nSPS) is 19.8. The van der Waals surface area contributed by atoms with Gasteiger partial charge < -0.3 is 20.3 Å². The molecule has 1 aromatic rings. The molecule has 3 N–H and O–H groups in total. The Kier molecular flexibility index (Phi) is 6.38. The first-order valence-corrected chi connectivity index (χ1v) is 9.84. The second-order valence-electron chi connectivity index (χ2n) is 6.26. The van der Waals surface area contributed by atoms with Gasteiger partial charge in [0, 0.05) is 17.8 Å². The molecule has 138 valence electrons. The van der Waals surface area contributed by atoms with Crippen molar-refractivity contribution in [1.29, 1.82) is 0 Å². The quantitative estimate of drug-likeness (QED) is 0.539. The van der Waals surface area contributed by atoms with Crippen LogP contribution in [0.3, 0.4) is 0 Å². The summed E-state index contributed by atoms with van der Waals surface area (Å²) >= 11 is 0. The maximum atomic E-state index is 12.0. The fourth-order valence-electron chi connectivity index (χ4n) is 2.70. The van der Waals surface area contributed by atoms with Gasteiger partial charge in [-0.2, -0.15) is 0 Å². The van der Waals surface area contributed by atoms with Crippen molar-refractivity contribution in [2.24, 2.45) is 0 Å². The largest absolute Gasteiger partial charge is 0.497 e. The Bertz CT molecular complexity index is 735. The maximum absolute atomic E-state index is 12.0. The number of benzene rings is 1. The van der Waals surface area contributed by atoms with Crippen LogP contribution in [0.15, 0.2) is 24.3 Å². The number of ether oxygens (including phenoxy) is 1. The lowest BCUT2D eigenvalue weighted by molar-refractivity contribution is -0.862. The van der Waals surface area contributed by atoms with E-state index in [0.717, 1.165) is 0 Å². The van der Waals surface area contributed by atoms with E-state index in [1.165, 1.54) is 0 Å². The first kappa shape index (κ1) is 19.2. The lowest BCUT2D eigenvalue weighted by atomic mass is 10.2. The molecule has 1 heterocycles. The van der Waals surface area contributed by atoms with Crippen molar-refractivity contribution < 1.29 is 27.6 Å². The van der Waals surface area contributed by atoms with Gasteiger partial charge in [0.2, 0.25) is 0 Å². The van der Waals surface area contributed by atoms with E-state index in [-0.39, 0.29) is 42.5 Å². The van der Waals surface area contributed by atoms with Crippen LogP contribution in [0.4, 0.5) is 5.69 Å². The van der Waals surface area contributed by atoms with Crippen LogP contribution in [0.5, 0.6) is 5.75 Å². The monoisotopic (exact) mass is 370 g/mol. The van der Waals surface area contributed by atoms with Gasteiger partial charge in [0.25, 0.3) is 11.8 Å². The minimum atomic E-state index is -3.02. The molecule has 2 amide bonds. The second kappa shape index (κ2) is 8.30. The number of carbonyl (C=O) groups excluding carboxylic acids is 2. The topological polar surface area (TPSA) is 106 Å². The van der Waals surface area contributed by atoms with E-state index in [0.29, 0.717) is 22.8 Å². The van der Waals surface area contributed by atoms with Crippen LogP contribution < -0.4 is 20.3 Å². The van der Waals surface area contributed by atoms with E-state index in [9.17, 15) is 18.0 Å². The highest BCUT2D eigenvalue weighted by Gasteiger charge is 2.29. The number of rotatable bonds is 7. The predicted molar refractivity (Wildman–Crippen MR) is 93.4 cm³/mol. The zero-order chi connectivity index (χ0) is 18.4. The fraction of sp³-hybridized carbons (Fsp3) is 0.500. The fourth-order valence-corrected chi connectivity index (χ4v) is 4.38. The van der Waals surface area contributed by atoms with Crippen molar-refractivity contribution in [3.05, 3.63) is 24.3 Å². The van der Waals surface area contributed by atoms with Gasteiger partial charge >= 0.3 is 0 Å². The third kappa shape index (κ3) is 6.35. The summed E-state index contributed by atoms with van der Waals surface area (Å²) in [5.41, 5.74) is 0.623. The zero-order valence-electron chi connectivity index (χ0n) is 14.4. The summed E-state index contributed by atoms with van der Waals surface area (Å²) in [5, 5.41) is 5.47. The van der Waals surface area contributed by atoms with E-state index in [1.54, 1.807) is 38.4 Å². The van der Waals surface area contributed by atoms with Gasteiger partial charge in [-0.05, 0) is 18.6 Å². The van der Waals surface area contributed by atoms with Gasteiger partial charge in [-0.1, -0.05) is 6.07 Å². The van der Waals surface area contributed by atoms with Gasteiger partial charge in [0.05, 0.1) is 25.7 Å². The smallest absolute Gasteiger partial charge is 0.279 e. The van der Waals surface area contributed by atoms with Crippen LogP contribution in [-0.2, 0) is 19.4 Å². The first-order chi connectivity index (χ1) is 11.8. The molecule has 0 saturated carbocycles. The Balaban J connectivity index is 1.76. The summed E-state index contributed by atoms with van der Waals surface area (Å²) in [6.07, 6.45) is 0.448. The van der Waals surface area contributed by atoms with Gasteiger partial charge in [-0.25, -0.2) is 8.42 Å². The van der Waals surface area contributed by atoms with Crippen molar-refractivity contribution in [2.45, 2.75) is 12.5 Å². The zero-order valence-corrected chi connectivity index (χ0v) is 15.2. The summed E-state index contributed by atoms with van der Waals surface area (Å²) in [5.74, 6) is 0.276. The van der Waals surface area contributed by atoms with Crippen molar-refractivity contribution in [2.75, 3.05) is 44.1 Å². The molecule has 1 aliphatic heterocycles. The van der Waals surface area contributed by atoms with Crippen LogP contribution in [0.1, 0.15) is 6.42 Å². The molecule has 9 heteroatoms. The molecule has 1 fully saturated rings. The van der Waals surface area contributed by atoms with Crippen LogP contribution >= 0.6 is 0 Å². The minimum Gasteiger partial charge on any atom is -0.497 e. The molecule has 8 nitrogen and oxygen atoms in total. The standard InChI is InChI=1S/C16H23N3O5S/c1-19(10-16(21)18-13-6-7-25(22,23)11-13)9-15(20)17-12-4-3-5-14(8-12)24-2/h3-5,8,13H,6-7,9-11H2,1-2H3,(H,17,20)(H,18,21)/p+1/t13-/m1/s1. The Morgan fingerprint density at radius 2 is 2.00 bits per heavy atom. The Labute approximate surface area is 147 Å². The third-order valence-electron chi connectivity index (χ3n) is 3.88. The molecule has 1 aromatic carbocycles. The number of methoxy groups -OCH3 is 1. The first-order valence-electron chi connectivity index (χ1n) is 8.02.